The molecule has 3 nitrogen and oxygen atoms in total. The number of hydrogen-bond acceptors (Lipinski definition) is 2. The van der Waals surface area contributed by atoms with E-state index in [4.69, 9.17) is 0 Å². The Morgan fingerprint density at radius 3 is 2.52 bits per heavy atom. The highest BCUT2D eigenvalue weighted by Gasteiger charge is 2.20. The van der Waals surface area contributed by atoms with Gasteiger partial charge in [0.1, 0.15) is 0 Å². The average Bonchev–Trinajstić information content (AvgIpc) is 3.09. The first kappa shape index (κ1) is 21.1. The largest absolute Gasteiger partial charge is 0.268 e. The molecule has 1 heterocycles. The fraction of sp³-hybridized carbons (Fsp3) is 0.280. The van der Waals surface area contributed by atoms with Gasteiger partial charge in [-0.1, -0.05) is 73.5 Å². The predicted molar refractivity (Wildman–Crippen MR) is 122 cm³/mol. The fourth-order valence-corrected chi connectivity index (χ4v) is 4.78. The number of rotatable bonds is 9. The van der Waals surface area contributed by atoms with Crippen LogP contribution in [0.25, 0.3) is 10.9 Å². The molecule has 0 aliphatic carbocycles. The van der Waals surface area contributed by atoms with E-state index < -0.39 is 10.0 Å². The lowest BCUT2D eigenvalue weighted by Crippen LogP contribution is -2.11. The zero-order chi connectivity index (χ0) is 20.9. The van der Waals surface area contributed by atoms with Crippen molar-refractivity contribution in [2.24, 2.45) is 0 Å². The number of nitrogens with zero attached hydrogens (tertiary/aromatic N) is 1. The molecule has 0 spiro atoms. The van der Waals surface area contributed by atoms with Crippen molar-refractivity contribution in [1.29, 1.82) is 0 Å². The van der Waals surface area contributed by atoms with Gasteiger partial charge in [0, 0.05) is 11.6 Å². The molecule has 0 atom stereocenters. The molecular formula is C25H29NO2S. The molecular weight excluding hydrogens is 378 g/mol. The Kier molecular flexibility index (Phi) is 6.75. The van der Waals surface area contributed by atoms with Crippen molar-refractivity contribution < 1.29 is 8.42 Å². The van der Waals surface area contributed by atoms with Gasteiger partial charge < -0.3 is 0 Å². The molecule has 0 fully saturated rings. The molecule has 4 heteroatoms. The molecule has 0 saturated carbocycles. The summed E-state index contributed by atoms with van der Waals surface area (Å²) in [5.41, 5.74) is 4.00. The smallest absolute Gasteiger partial charge is 0.241 e. The van der Waals surface area contributed by atoms with Crippen molar-refractivity contribution in [1.82, 2.24) is 3.97 Å². The van der Waals surface area contributed by atoms with Gasteiger partial charge in [-0.2, -0.15) is 0 Å². The summed E-state index contributed by atoms with van der Waals surface area (Å²) >= 11 is 0. The molecule has 0 aliphatic heterocycles. The first-order valence-electron chi connectivity index (χ1n) is 10.2. The molecule has 152 valence electrons. The first-order chi connectivity index (χ1) is 13.9. The Morgan fingerprint density at radius 1 is 1.07 bits per heavy atom. The number of hydrogen-bond donors (Lipinski definition) is 0. The van der Waals surface area contributed by atoms with Crippen LogP contribution in [0.1, 0.15) is 43.7 Å². The lowest BCUT2D eigenvalue weighted by Gasteiger charge is -2.07. The maximum Gasteiger partial charge on any atom is 0.268 e. The van der Waals surface area contributed by atoms with Crippen LogP contribution in [0.15, 0.2) is 83.9 Å². The van der Waals surface area contributed by atoms with E-state index in [1.807, 2.05) is 43.3 Å². The zero-order valence-corrected chi connectivity index (χ0v) is 18.1. The fourth-order valence-electron chi connectivity index (χ4n) is 3.39. The van der Waals surface area contributed by atoms with Gasteiger partial charge in [-0.05, 0) is 56.4 Å². The van der Waals surface area contributed by atoms with Crippen LogP contribution in [-0.2, 0) is 16.4 Å². The second kappa shape index (κ2) is 9.27. The Balaban J connectivity index is 1.87. The van der Waals surface area contributed by atoms with Crippen molar-refractivity contribution in [3.05, 3.63) is 90.2 Å². The minimum atomic E-state index is -3.64. The maximum absolute atomic E-state index is 13.2. The summed E-state index contributed by atoms with van der Waals surface area (Å²) in [5.74, 6) is 0. The van der Waals surface area contributed by atoms with Crippen molar-refractivity contribution in [2.75, 3.05) is 0 Å². The van der Waals surface area contributed by atoms with Crippen LogP contribution >= 0.6 is 0 Å². The number of benzene rings is 2. The lowest BCUT2D eigenvalue weighted by molar-refractivity contribution is 0.589. The van der Waals surface area contributed by atoms with E-state index in [0.29, 0.717) is 16.8 Å². The highest BCUT2D eigenvalue weighted by Crippen LogP contribution is 2.27. The van der Waals surface area contributed by atoms with Gasteiger partial charge in [-0.25, -0.2) is 12.4 Å². The number of allylic oxidation sites excluding steroid dienone is 3. The number of aryl methyl sites for hydroxylation is 1. The van der Waals surface area contributed by atoms with E-state index in [1.165, 1.54) is 22.4 Å². The number of unbranched alkanes of at least 4 members (excludes halogenated alkanes) is 1. The molecule has 3 rings (SSSR count). The van der Waals surface area contributed by atoms with E-state index in [1.54, 1.807) is 18.3 Å². The molecule has 0 radical (unpaired) electrons. The molecule has 0 aliphatic rings. The monoisotopic (exact) mass is 407 g/mol. The Morgan fingerprint density at radius 2 is 1.79 bits per heavy atom. The molecule has 0 bridgehead atoms. The van der Waals surface area contributed by atoms with E-state index in [-0.39, 0.29) is 0 Å². The van der Waals surface area contributed by atoms with Gasteiger partial charge in [-0.15, -0.1) is 0 Å². The summed E-state index contributed by atoms with van der Waals surface area (Å²) in [5, 5.41) is 0.970. The molecule has 0 saturated heterocycles. The van der Waals surface area contributed by atoms with E-state index in [2.05, 4.69) is 25.7 Å². The van der Waals surface area contributed by atoms with Crippen molar-refractivity contribution in [2.45, 2.75) is 50.8 Å². The van der Waals surface area contributed by atoms with Crippen molar-refractivity contribution in [3.63, 3.8) is 0 Å². The zero-order valence-electron chi connectivity index (χ0n) is 17.3. The summed E-state index contributed by atoms with van der Waals surface area (Å²) in [6, 6.07) is 14.7. The van der Waals surface area contributed by atoms with Crippen molar-refractivity contribution >= 4 is 20.9 Å². The molecule has 29 heavy (non-hydrogen) atoms. The number of para-hydroxylation sites is 1. The normalized spacial score (nSPS) is 12.1. The van der Waals surface area contributed by atoms with Gasteiger partial charge in [0.05, 0.1) is 10.4 Å². The topological polar surface area (TPSA) is 39.1 Å². The minimum absolute atomic E-state index is 0.304. The van der Waals surface area contributed by atoms with Crippen LogP contribution in [0.2, 0.25) is 0 Å². The van der Waals surface area contributed by atoms with Gasteiger partial charge in [0.15, 0.2) is 0 Å². The number of fused-ring (bicyclic) bond motifs is 1. The molecule has 3 aromatic rings. The van der Waals surface area contributed by atoms with Crippen LogP contribution in [0.5, 0.6) is 0 Å². The van der Waals surface area contributed by atoms with Crippen LogP contribution in [0.3, 0.4) is 0 Å². The SMILES string of the molecule is C=C(C/C=C\Cc1cn(S(=O)(=O)c2ccc(C)cc2)c2ccccc12)CCCC. The summed E-state index contributed by atoms with van der Waals surface area (Å²) in [6.45, 7) is 8.26. The Hall–Kier alpha value is -2.59. The Labute approximate surface area is 174 Å². The summed E-state index contributed by atoms with van der Waals surface area (Å²) < 4.78 is 27.9. The van der Waals surface area contributed by atoms with Crippen LogP contribution < -0.4 is 0 Å². The predicted octanol–water partition coefficient (Wildman–Crippen LogP) is 6.42. The third-order valence-corrected chi connectivity index (χ3v) is 6.82. The van der Waals surface area contributed by atoms with Gasteiger partial charge in [0.2, 0.25) is 0 Å². The molecule has 0 amide bonds. The highest BCUT2D eigenvalue weighted by atomic mass is 32.2. The van der Waals surface area contributed by atoms with E-state index in [9.17, 15) is 8.42 Å². The summed E-state index contributed by atoms with van der Waals surface area (Å²) in [4.78, 5) is 0.304. The molecule has 0 N–H and O–H groups in total. The van der Waals surface area contributed by atoms with Gasteiger partial charge >= 0.3 is 0 Å². The number of aromatic nitrogens is 1. The molecule has 1 aromatic heterocycles. The first-order valence-corrected chi connectivity index (χ1v) is 11.6. The van der Waals surface area contributed by atoms with Crippen LogP contribution in [0, 0.1) is 6.92 Å². The van der Waals surface area contributed by atoms with Gasteiger partial charge in [0.25, 0.3) is 10.0 Å². The van der Waals surface area contributed by atoms with E-state index in [0.717, 1.165) is 29.4 Å². The third-order valence-electron chi connectivity index (χ3n) is 5.13. The quantitative estimate of drug-likeness (QED) is 0.384. The second-order valence-electron chi connectivity index (χ2n) is 7.52. The lowest BCUT2D eigenvalue weighted by atomic mass is 10.1. The average molecular weight is 408 g/mol. The van der Waals surface area contributed by atoms with Crippen LogP contribution in [0.4, 0.5) is 0 Å². The Bertz CT molecular complexity index is 1120. The van der Waals surface area contributed by atoms with E-state index >= 15 is 0 Å². The molecule has 0 unspecified atom stereocenters. The highest BCUT2D eigenvalue weighted by molar-refractivity contribution is 7.90. The molecule has 2 aromatic carbocycles. The second-order valence-corrected chi connectivity index (χ2v) is 9.33. The summed E-state index contributed by atoms with van der Waals surface area (Å²) in [6.07, 6.45) is 11.0. The van der Waals surface area contributed by atoms with Crippen molar-refractivity contribution in [3.8, 4) is 0 Å². The van der Waals surface area contributed by atoms with Gasteiger partial charge in [-0.3, -0.25) is 0 Å². The maximum atomic E-state index is 13.2. The third kappa shape index (κ3) is 4.88. The minimum Gasteiger partial charge on any atom is -0.241 e. The van der Waals surface area contributed by atoms with Crippen LogP contribution in [-0.4, -0.2) is 12.4 Å². The standard InChI is InChI=1S/C25H29NO2S/c1-4-5-10-20(2)11-6-7-12-22-19-26(25-14-9-8-13-24(22)25)29(27,28)23-17-15-21(3)16-18-23/h6-9,13-19H,2,4-5,10-12H2,1,3H3/b7-6-. The summed E-state index contributed by atoms with van der Waals surface area (Å²) in [7, 11) is -3.64.